The van der Waals surface area contributed by atoms with E-state index in [9.17, 15) is 19.2 Å². The van der Waals surface area contributed by atoms with Crippen LogP contribution in [-0.2, 0) is 32.1 Å². The highest BCUT2D eigenvalue weighted by Crippen LogP contribution is 2.11. The Hall–Kier alpha value is -4.14. The fraction of sp³-hybridized carbons (Fsp3) is 0.379. The fourth-order valence-corrected chi connectivity index (χ4v) is 4.20. The topological polar surface area (TPSA) is 108 Å². The molecule has 2 N–H and O–H groups in total. The van der Waals surface area contributed by atoms with Crippen molar-refractivity contribution in [3.05, 3.63) is 84.4 Å². The van der Waals surface area contributed by atoms with Gasteiger partial charge in [-0.1, -0.05) is 67.2 Å². The van der Waals surface area contributed by atoms with E-state index >= 15 is 0 Å². The number of rotatable bonds is 12. The first kappa shape index (κ1) is 28.4. The van der Waals surface area contributed by atoms with Gasteiger partial charge in [-0.05, 0) is 36.5 Å². The Balaban J connectivity index is 1.52. The largest absolute Gasteiger partial charge is 0.445 e. The van der Waals surface area contributed by atoms with E-state index in [-0.39, 0.29) is 24.3 Å². The molecule has 2 aromatic rings. The second-order valence-corrected chi connectivity index (χ2v) is 9.12. The van der Waals surface area contributed by atoms with Crippen molar-refractivity contribution in [1.82, 2.24) is 20.4 Å². The van der Waals surface area contributed by atoms with Crippen LogP contribution in [0.15, 0.2) is 73.3 Å². The summed E-state index contributed by atoms with van der Waals surface area (Å²) in [6.07, 6.45) is 2.53. The number of nitrogens with one attached hydrogen (secondary N) is 2. The zero-order valence-electron chi connectivity index (χ0n) is 21.6. The first-order valence-corrected chi connectivity index (χ1v) is 12.9. The van der Waals surface area contributed by atoms with Crippen molar-refractivity contribution in [1.29, 1.82) is 0 Å². The molecule has 3 rings (SSSR count). The van der Waals surface area contributed by atoms with Crippen LogP contribution in [0.2, 0.25) is 0 Å². The van der Waals surface area contributed by atoms with Gasteiger partial charge in [0.1, 0.15) is 12.6 Å². The van der Waals surface area contributed by atoms with Gasteiger partial charge in [-0.15, -0.1) is 0 Å². The van der Waals surface area contributed by atoms with Gasteiger partial charge in [0, 0.05) is 32.7 Å². The summed E-state index contributed by atoms with van der Waals surface area (Å²) in [4.78, 5) is 53.4. The summed E-state index contributed by atoms with van der Waals surface area (Å²) in [6, 6.07) is 18.1. The predicted octanol–water partition coefficient (Wildman–Crippen LogP) is 2.67. The lowest BCUT2D eigenvalue weighted by molar-refractivity contribution is -0.140. The lowest BCUT2D eigenvalue weighted by Gasteiger charge is -2.36. The normalized spacial score (nSPS) is 13.8. The SMILES string of the molecule is C=CC(=O)NCCCC[C@H](NC(=O)OCc1ccccc1)C(=O)N1CCN(C(=O)Cc2ccccc2)CC1. The van der Waals surface area contributed by atoms with E-state index in [0.717, 1.165) is 11.1 Å². The van der Waals surface area contributed by atoms with Crippen LogP contribution >= 0.6 is 0 Å². The minimum atomic E-state index is -0.764. The second-order valence-electron chi connectivity index (χ2n) is 9.12. The first-order chi connectivity index (χ1) is 18.5. The van der Waals surface area contributed by atoms with Crippen LogP contribution in [0, 0.1) is 0 Å². The molecule has 1 aliphatic heterocycles. The van der Waals surface area contributed by atoms with Crippen LogP contribution in [0.3, 0.4) is 0 Å². The zero-order chi connectivity index (χ0) is 27.2. The monoisotopic (exact) mass is 520 g/mol. The van der Waals surface area contributed by atoms with Crippen LogP contribution in [0.4, 0.5) is 4.79 Å². The maximum atomic E-state index is 13.4. The van der Waals surface area contributed by atoms with Crippen molar-refractivity contribution in [2.75, 3.05) is 32.7 Å². The molecule has 2 aromatic carbocycles. The van der Waals surface area contributed by atoms with Gasteiger partial charge in [-0.2, -0.15) is 0 Å². The molecular weight excluding hydrogens is 484 g/mol. The van der Waals surface area contributed by atoms with Crippen LogP contribution < -0.4 is 10.6 Å². The highest BCUT2D eigenvalue weighted by atomic mass is 16.5. The summed E-state index contributed by atoms with van der Waals surface area (Å²) in [7, 11) is 0. The molecule has 1 aliphatic rings. The van der Waals surface area contributed by atoms with Gasteiger partial charge < -0.3 is 25.2 Å². The lowest BCUT2D eigenvalue weighted by atomic mass is 10.1. The smallest absolute Gasteiger partial charge is 0.408 e. The van der Waals surface area contributed by atoms with Crippen molar-refractivity contribution in [3.8, 4) is 0 Å². The van der Waals surface area contributed by atoms with Gasteiger partial charge in [-0.25, -0.2) is 4.79 Å². The minimum absolute atomic E-state index is 0.0315. The Morgan fingerprint density at radius 1 is 0.868 bits per heavy atom. The maximum Gasteiger partial charge on any atom is 0.408 e. The van der Waals surface area contributed by atoms with Crippen molar-refractivity contribution >= 4 is 23.8 Å². The molecule has 9 heteroatoms. The van der Waals surface area contributed by atoms with Crippen molar-refractivity contribution in [2.24, 2.45) is 0 Å². The number of alkyl carbamates (subject to hydrolysis) is 1. The number of hydrogen-bond acceptors (Lipinski definition) is 5. The molecule has 1 heterocycles. The number of benzene rings is 2. The van der Waals surface area contributed by atoms with Gasteiger partial charge in [0.05, 0.1) is 6.42 Å². The van der Waals surface area contributed by atoms with E-state index in [4.69, 9.17) is 4.74 Å². The third-order valence-electron chi connectivity index (χ3n) is 6.35. The van der Waals surface area contributed by atoms with Crippen LogP contribution in [0.25, 0.3) is 0 Å². The summed E-state index contributed by atoms with van der Waals surface area (Å²) in [5.74, 6) is -0.420. The van der Waals surface area contributed by atoms with Gasteiger partial charge in [0.25, 0.3) is 0 Å². The van der Waals surface area contributed by atoms with Gasteiger partial charge in [0.2, 0.25) is 17.7 Å². The number of carbonyl (C=O) groups excluding carboxylic acids is 4. The predicted molar refractivity (Wildman–Crippen MR) is 144 cm³/mol. The van der Waals surface area contributed by atoms with Crippen molar-refractivity contribution in [2.45, 2.75) is 38.3 Å². The molecule has 0 aromatic heterocycles. The van der Waals surface area contributed by atoms with E-state index in [1.54, 1.807) is 9.80 Å². The highest BCUT2D eigenvalue weighted by Gasteiger charge is 2.30. The first-order valence-electron chi connectivity index (χ1n) is 12.9. The quantitative estimate of drug-likeness (QED) is 0.331. The van der Waals surface area contributed by atoms with Gasteiger partial charge in [0.15, 0.2) is 0 Å². The number of piperazine rings is 1. The maximum absolute atomic E-state index is 13.4. The molecule has 38 heavy (non-hydrogen) atoms. The molecular formula is C29H36N4O5. The number of amides is 4. The zero-order valence-corrected chi connectivity index (χ0v) is 21.6. The average Bonchev–Trinajstić information content (AvgIpc) is 2.96. The molecule has 0 radical (unpaired) electrons. The Labute approximate surface area is 223 Å². The van der Waals surface area contributed by atoms with E-state index < -0.39 is 12.1 Å². The number of ether oxygens (including phenoxy) is 1. The fourth-order valence-electron chi connectivity index (χ4n) is 4.20. The van der Waals surface area contributed by atoms with Crippen molar-refractivity contribution in [3.63, 3.8) is 0 Å². The molecule has 1 atom stereocenters. The summed E-state index contributed by atoms with van der Waals surface area (Å²) in [6.45, 7) is 5.65. The third-order valence-corrected chi connectivity index (χ3v) is 6.35. The molecule has 0 aliphatic carbocycles. The van der Waals surface area contributed by atoms with E-state index in [1.165, 1.54) is 6.08 Å². The minimum Gasteiger partial charge on any atom is -0.445 e. The summed E-state index contributed by atoms with van der Waals surface area (Å²) in [5.41, 5.74) is 1.80. The molecule has 9 nitrogen and oxygen atoms in total. The summed E-state index contributed by atoms with van der Waals surface area (Å²) >= 11 is 0. The number of carbonyl (C=O) groups is 4. The number of unbranched alkanes of at least 4 members (excludes halogenated alkanes) is 1. The average molecular weight is 521 g/mol. The summed E-state index contributed by atoms with van der Waals surface area (Å²) < 4.78 is 5.33. The molecule has 202 valence electrons. The Bertz CT molecular complexity index is 1070. The molecule has 0 spiro atoms. The number of hydrogen-bond donors (Lipinski definition) is 2. The van der Waals surface area contributed by atoms with Gasteiger partial charge >= 0.3 is 6.09 Å². The Morgan fingerprint density at radius 2 is 1.47 bits per heavy atom. The standard InChI is InChI=1S/C29H36N4O5/c1-2-26(34)30-16-10-9-15-25(31-29(37)38-22-24-13-7-4-8-14-24)28(36)33-19-17-32(18-20-33)27(35)21-23-11-5-3-6-12-23/h2-8,11-14,25H,1,9-10,15-22H2,(H,30,34)(H,31,37)/t25-/m0/s1. The van der Waals surface area contributed by atoms with Crippen LogP contribution in [0.5, 0.6) is 0 Å². The highest BCUT2D eigenvalue weighted by molar-refractivity contribution is 5.87. The third kappa shape index (κ3) is 9.38. The number of nitrogens with zero attached hydrogens (tertiary/aromatic N) is 2. The van der Waals surface area contributed by atoms with E-state index in [0.29, 0.717) is 58.4 Å². The van der Waals surface area contributed by atoms with E-state index in [2.05, 4.69) is 17.2 Å². The lowest BCUT2D eigenvalue weighted by Crippen LogP contribution is -2.56. The molecule has 0 saturated carbocycles. The Morgan fingerprint density at radius 3 is 2.11 bits per heavy atom. The summed E-state index contributed by atoms with van der Waals surface area (Å²) in [5, 5.41) is 5.43. The van der Waals surface area contributed by atoms with Crippen molar-refractivity contribution < 1.29 is 23.9 Å². The molecule has 0 unspecified atom stereocenters. The van der Waals surface area contributed by atoms with Gasteiger partial charge in [-0.3, -0.25) is 14.4 Å². The Kier molecular flexibility index (Phi) is 11.4. The van der Waals surface area contributed by atoms with Crippen LogP contribution in [0.1, 0.15) is 30.4 Å². The molecule has 0 bridgehead atoms. The second kappa shape index (κ2) is 15.2. The van der Waals surface area contributed by atoms with Crippen LogP contribution in [-0.4, -0.2) is 72.4 Å². The molecule has 4 amide bonds. The molecule has 1 saturated heterocycles. The van der Waals surface area contributed by atoms with E-state index in [1.807, 2.05) is 60.7 Å². The molecule has 1 fully saturated rings.